The van der Waals surface area contributed by atoms with Crippen LogP contribution in [-0.4, -0.2) is 10.8 Å². The number of amidine groups is 1. The van der Waals surface area contributed by atoms with Crippen LogP contribution in [0.5, 0.6) is 0 Å². The van der Waals surface area contributed by atoms with Gasteiger partial charge in [0.25, 0.3) is 0 Å². The molecule has 0 saturated heterocycles. The van der Waals surface area contributed by atoms with Gasteiger partial charge in [0.1, 0.15) is 11.4 Å². The zero-order valence-corrected chi connectivity index (χ0v) is 7.68. The summed E-state index contributed by atoms with van der Waals surface area (Å²) in [4.78, 5) is 13.3. The zero-order valence-electron chi connectivity index (χ0n) is 6.93. The number of nitrogens with two attached hydrogens (primary N) is 1. The molecule has 14 heavy (non-hydrogen) atoms. The van der Waals surface area contributed by atoms with Gasteiger partial charge in [-0.2, -0.15) is 0 Å². The molecular formula is C8H6ClN3O2. The average Bonchev–Trinajstić information content (AvgIpc) is 2.45. The van der Waals surface area contributed by atoms with Crippen LogP contribution in [0, 0.1) is 5.41 Å². The minimum Gasteiger partial charge on any atom is -0.408 e. The Labute approximate surface area is 83.0 Å². The van der Waals surface area contributed by atoms with Crippen molar-refractivity contribution in [2.45, 2.75) is 0 Å². The lowest BCUT2D eigenvalue weighted by atomic mass is 10.2. The van der Waals surface area contributed by atoms with E-state index in [2.05, 4.69) is 4.98 Å². The molecule has 5 nitrogen and oxygen atoms in total. The summed E-state index contributed by atoms with van der Waals surface area (Å²) in [5.41, 5.74) is 6.41. The first-order valence-corrected chi connectivity index (χ1v) is 4.12. The molecule has 0 bridgehead atoms. The SMILES string of the molecule is N=C(N)c1cc(Cl)c2[nH]c(=O)oc2c1. The van der Waals surface area contributed by atoms with E-state index in [4.69, 9.17) is 27.2 Å². The lowest BCUT2D eigenvalue weighted by Crippen LogP contribution is -2.10. The van der Waals surface area contributed by atoms with Crippen molar-refractivity contribution in [3.63, 3.8) is 0 Å². The summed E-state index contributed by atoms with van der Waals surface area (Å²) >= 11 is 5.84. The van der Waals surface area contributed by atoms with Crippen LogP contribution in [0.1, 0.15) is 5.56 Å². The Hall–Kier alpha value is -1.75. The van der Waals surface area contributed by atoms with Crippen molar-refractivity contribution in [1.29, 1.82) is 5.41 Å². The maximum atomic E-state index is 10.9. The molecule has 0 radical (unpaired) electrons. The quantitative estimate of drug-likeness (QED) is 0.486. The van der Waals surface area contributed by atoms with Crippen molar-refractivity contribution in [2.75, 3.05) is 0 Å². The van der Waals surface area contributed by atoms with E-state index in [0.717, 1.165) is 0 Å². The second-order valence-electron chi connectivity index (χ2n) is 2.76. The molecule has 72 valence electrons. The number of nitrogens with one attached hydrogen (secondary N) is 2. The Morgan fingerprint density at radius 1 is 1.57 bits per heavy atom. The van der Waals surface area contributed by atoms with Gasteiger partial charge in [-0.15, -0.1) is 0 Å². The summed E-state index contributed by atoms with van der Waals surface area (Å²) in [6, 6.07) is 2.99. The smallest absolute Gasteiger partial charge is 0.408 e. The van der Waals surface area contributed by atoms with Crippen LogP contribution in [0.4, 0.5) is 0 Å². The molecule has 2 rings (SSSR count). The summed E-state index contributed by atoms with van der Waals surface area (Å²) in [6.45, 7) is 0. The highest BCUT2D eigenvalue weighted by molar-refractivity contribution is 6.35. The van der Waals surface area contributed by atoms with Gasteiger partial charge < -0.3 is 10.2 Å². The van der Waals surface area contributed by atoms with Gasteiger partial charge in [0.05, 0.1) is 5.02 Å². The second kappa shape index (κ2) is 2.88. The molecular weight excluding hydrogens is 206 g/mol. The standard InChI is InChI=1S/C8H6ClN3O2/c9-4-1-3(7(10)11)2-5-6(4)12-8(13)14-5/h1-2H,(H3,10,11)(H,12,13). The Morgan fingerprint density at radius 3 is 2.93 bits per heavy atom. The van der Waals surface area contributed by atoms with Gasteiger partial charge in [0.2, 0.25) is 0 Å². The zero-order chi connectivity index (χ0) is 10.3. The van der Waals surface area contributed by atoms with Crippen molar-refractivity contribution >= 4 is 28.5 Å². The molecule has 6 heteroatoms. The fraction of sp³-hybridized carbons (Fsp3) is 0. The number of aromatic nitrogens is 1. The molecule has 0 unspecified atom stereocenters. The van der Waals surface area contributed by atoms with E-state index in [0.29, 0.717) is 21.7 Å². The van der Waals surface area contributed by atoms with Crippen molar-refractivity contribution < 1.29 is 4.42 Å². The minimum atomic E-state index is -0.581. The monoisotopic (exact) mass is 211 g/mol. The normalized spacial score (nSPS) is 10.6. The van der Waals surface area contributed by atoms with Gasteiger partial charge in [-0.3, -0.25) is 10.4 Å². The maximum absolute atomic E-state index is 10.9. The van der Waals surface area contributed by atoms with E-state index >= 15 is 0 Å². The number of oxazole rings is 1. The summed E-state index contributed by atoms with van der Waals surface area (Å²) in [5, 5.41) is 7.51. The lowest BCUT2D eigenvalue weighted by molar-refractivity contribution is 0.555. The molecule has 0 aliphatic carbocycles. The van der Waals surface area contributed by atoms with E-state index in [1.807, 2.05) is 0 Å². The highest BCUT2D eigenvalue weighted by Crippen LogP contribution is 2.22. The summed E-state index contributed by atoms with van der Waals surface area (Å²) in [6.07, 6.45) is 0. The first-order valence-electron chi connectivity index (χ1n) is 3.74. The molecule has 0 atom stereocenters. The number of H-pyrrole nitrogens is 1. The highest BCUT2D eigenvalue weighted by atomic mass is 35.5. The number of aromatic amines is 1. The third kappa shape index (κ3) is 1.27. The van der Waals surface area contributed by atoms with Gasteiger partial charge in [0, 0.05) is 5.56 Å². The molecule has 1 aromatic heterocycles. The fourth-order valence-corrected chi connectivity index (χ4v) is 1.42. The predicted molar refractivity (Wildman–Crippen MR) is 52.9 cm³/mol. The molecule has 0 amide bonds. The summed E-state index contributed by atoms with van der Waals surface area (Å²) in [7, 11) is 0. The molecule has 4 N–H and O–H groups in total. The highest BCUT2D eigenvalue weighted by Gasteiger charge is 2.08. The third-order valence-corrected chi connectivity index (χ3v) is 2.09. The van der Waals surface area contributed by atoms with E-state index in [-0.39, 0.29) is 5.84 Å². The molecule has 0 fully saturated rings. The average molecular weight is 212 g/mol. The van der Waals surface area contributed by atoms with E-state index in [1.54, 1.807) is 0 Å². The van der Waals surface area contributed by atoms with Crippen LogP contribution >= 0.6 is 11.6 Å². The Bertz CT molecular complexity index is 569. The largest absolute Gasteiger partial charge is 0.417 e. The van der Waals surface area contributed by atoms with Crippen LogP contribution < -0.4 is 11.5 Å². The number of nitrogen functional groups attached to an aromatic ring is 1. The molecule has 0 spiro atoms. The van der Waals surface area contributed by atoms with Gasteiger partial charge in [-0.1, -0.05) is 11.6 Å². The lowest BCUT2D eigenvalue weighted by Gasteiger charge is -1.98. The van der Waals surface area contributed by atoms with Crippen molar-refractivity contribution in [1.82, 2.24) is 4.98 Å². The third-order valence-electron chi connectivity index (χ3n) is 1.79. The topological polar surface area (TPSA) is 95.9 Å². The van der Waals surface area contributed by atoms with Crippen molar-refractivity contribution in [3.05, 3.63) is 33.3 Å². The molecule has 1 heterocycles. The minimum absolute atomic E-state index is 0.127. The van der Waals surface area contributed by atoms with E-state index in [9.17, 15) is 4.79 Å². The first-order chi connectivity index (χ1) is 6.58. The maximum Gasteiger partial charge on any atom is 0.417 e. The number of fused-ring (bicyclic) bond motifs is 1. The fourth-order valence-electron chi connectivity index (χ4n) is 1.17. The second-order valence-corrected chi connectivity index (χ2v) is 3.17. The van der Waals surface area contributed by atoms with Crippen LogP contribution in [-0.2, 0) is 0 Å². The number of hydrogen-bond acceptors (Lipinski definition) is 3. The van der Waals surface area contributed by atoms with Gasteiger partial charge in [-0.05, 0) is 12.1 Å². The number of benzene rings is 1. The molecule has 0 aliphatic heterocycles. The Kier molecular flexibility index (Phi) is 1.82. The van der Waals surface area contributed by atoms with Crippen LogP contribution in [0.2, 0.25) is 5.02 Å². The van der Waals surface area contributed by atoms with Gasteiger partial charge in [-0.25, -0.2) is 4.79 Å². The van der Waals surface area contributed by atoms with E-state index in [1.165, 1.54) is 12.1 Å². The molecule has 0 saturated carbocycles. The van der Waals surface area contributed by atoms with Crippen LogP contribution in [0.25, 0.3) is 11.1 Å². The number of hydrogen-bond donors (Lipinski definition) is 3. The molecule has 0 aliphatic rings. The van der Waals surface area contributed by atoms with Gasteiger partial charge in [0.15, 0.2) is 5.58 Å². The summed E-state index contributed by atoms with van der Waals surface area (Å²) in [5.74, 6) is -0.708. The van der Waals surface area contributed by atoms with Gasteiger partial charge >= 0.3 is 5.76 Å². The van der Waals surface area contributed by atoms with Crippen LogP contribution in [0.3, 0.4) is 0 Å². The summed E-state index contributed by atoms with van der Waals surface area (Å²) < 4.78 is 4.79. The van der Waals surface area contributed by atoms with E-state index < -0.39 is 5.76 Å². The Morgan fingerprint density at radius 2 is 2.29 bits per heavy atom. The Balaban J connectivity index is 2.84. The number of rotatable bonds is 1. The van der Waals surface area contributed by atoms with Crippen LogP contribution in [0.15, 0.2) is 21.3 Å². The number of halogens is 1. The first kappa shape index (κ1) is 8.83. The predicted octanol–water partition coefficient (Wildman–Crippen LogP) is 1.06. The van der Waals surface area contributed by atoms with Crippen molar-refractivity contribution in [2.24, 2.45) is 5.73 Å². The van der Waals surface area contributed by atoms with Crippen molar-refractivity contribution in [3.8, 4) is 0 Å². The molecule has 1 aromatic carbocycles. The molecule has 2 aromatic rings.